The van der Waals surface area contributed by atoms with E-state index in [1.807, 2.05) is 13.8 Å². The molecule has 0 aliphatic heterocycles. The molecule has 0 aliphatic rings. The second-order valence-electron chi connectivity index (χ2n) is 11.8. The monoisotopic (exact) mass is 522 g/mol. The van der Waals surface area contributed by atoms with Crippen LogP contribution in [-0.2, 0) is 22.2 Å². The van der Waals surface area contributed by atoms with Crippen molar-refractivity contribution in [3.63, 3.8) is 0 Å². The molecule has 1 atom stereocenters. The number of phenolic OH excluding ortho intramolecular Hbond substituents is 1. The highest BCUT2D eigenvalue weighted by Crippen LogP contribution is 2.55. The fourth-order valence-electron chi connectivity index (χ4n) is 5.64. The Labute approximate surface area is 219 Å². The lowest BCUT2D eigenvalue weighted by Gasteiger charge is -2.40. The topological polar surface area (TPSA) is 20.2 Å². The summed E-state index contributed by atoms with van der Waals surface area (Å²) >= 11 is 0. The Hall–Kier alpha value is -1.54. The fourth-order valence-corrected chi connectivity index (χ4v) is 7.43. The molecule has 0 bridgehead atoms. The third kappa shape index (κ3) is 5.95. The van der Waals surface area contributed by atoms with Crippen molar-refractivity contribution >= 4 is 13.9 Å². The Bertz CT molecular complexity index is 1040. The number of hydrogen-bond acceptors (Lipinski definition) is 1. The van der Waals surface area contributed by atoms with Crippen molar-refractivity contribution in [2.24, 2.45) is 5.92 Å². The summed E-state index contributed by atoms with van der Waals surface area (Å²) in [7, 11) is -0.114. The van der Waals surface area contributed by atoms with E-state index in [2.05, 4.69) is 60.6 Å². The van der Waals surface area contributed by atoms with Crippen LogP contribution in [0.5, 0.6) is 5.75 Å². The zero-order chi connectivity index (χ0) is 27.7. The molecule has 0 amide bonds. The molecular formula is C31H46F3OP. The maximum atomic E-state index is 14.1. The van der Waals surface area contributed by atoms with Gasteiger partial charge in [0.25, 0.3) is 0 Å². The van der Waals surface area contributed by atoms with Gasteiger partial charge in [0.1, 0.15) is 5.75 Å². The van der Waals surface area contributed by atoms with Crippen LogP contribution in [0.15, 0.2) is 30.3 Å². The van der Waals surface area contributed by atoms with E-state index in [4.69, 9.17) is 0 Å². The maximum absolute atomic E-state index is 14.1. The van der Waals surface area contributed by atoms with Crippen LogP contribution >= 0.6 is 8.58 Å². The Balaban J connectivity index is 2.92. The molecule has 2 aromatic carbocycles. The number of phenols is 1. The van der Waals surface area contributed by atoms with Gasteiger partial charge in [-0.25, -0.2) is 0 Å². The van der Waals surface area contributed by atoms with Crippen molar-refractivity contribution in [3.05, 3.63) is 58.1 Å². The van der Waals surface area contributed by atoms with Crippen molar-refractivity contribution in [2.45, 2.75) is 117 Å². The van der Waals surface area contributed by atoms with E-state index < -0.39 is 16.9 Å². The number of aromatic hydroxyl groups is 1. The highest BCUT2D eigenvalue weighted by Gasteiger charge is 2.41. The van der Waals surface area contributed by atoms with Crippen LogP contribution in [0.1, 0.15) is 116 Å². The van der Waals surface area contributed by atoms with Crippen LogP contribution in [0.2, 0.25) is 0 Å². The first-order valence-corrected chi connectivity index (χ1v) is 14.3. The first-order chi connectivity index (χ1) is 16.5. The molecule has 2 rings (SSSR count). The molecule has 2 aromatic rings. The molecule has 0 aliphatic carbocycles. The molecule has 0 aromatic heterocycles. The van der Waals surface area contributed by atoms with E-state index in [1.165, 1.54) is 12.1 Å². The number of alkyl halides is 3. The number of rotatable bonds is 9. The minimum absolute atomic E-state index is 0.114. The van der Waals surface area contributed by atoms with Gasteiger partial charge < -0.3 is 5.11 Å². The van der Waals surface area contributed by atoms with Gasteiger partial charge in [-0.1, -0.05) is 108 Å². The molecule has 5 heteroatoms. The first-order valence-electron chi connectivity index (χ1n) is 13.3. The van der Waals surface area contributed by atoms with Gasteiger partial charge in [-0.15, -0.1) is 0 Å². The van der Waals surface area contributed by atoms with E-state index in [0.717, 1.165) is 29.5 Å². The van der Waals surface area contributed by atoms with Crippen LogP contribution in [0, 0.1) is 12.8 Å². The molecule has 1 nitrogen and oxygen atoms in total. The summed E-state index contributed by atoms with van der Waals surface area (Å²) in [5.41, 5.74) is 2.46. The lowest BCUT2D eigenvalue weighted by atomic mass is 9.68. The zero-order valence-corrected chi connectivity index (χ0v) is 24.9. The van der Waals surface area contributed by atoms with E-state index in [-0.39, 0.29) is 25.2 Å². The summed E-state index contributed by atoms with van der Waals surface area (Å²) in [4.78, 5) is 0. The van der Waals surface area contributed by atoms with Crippen LogP contribution in [0.3, 0.4) is 0 Å². The highest BCUT2D eigenvalue weighted by atomic mass is 31.1. The van der Waals surface area contributed by atoms with Gasteiger partial charge in [0.05, 0.1) is 5.56 Å². The van der Waals surface area contributed by atoms with E-state index in [1.54, 1.807) is 13.0 Å². The predicted octanol–water partition coefficient (Wildman–Crippen LogP) is 9.75. The molecule has 36 heavy (non-hydrogen) atoms. The van der Waals surface area contributed by atoms with E-state index >= 15 is 0 Å². The normalized spacial score (nSPS) is 13.8. The molecule has 0 heterocycles. The number of hydrogen-bond donors (Lipinski definition) is 1. The van der Waals surface area contributed by atoms with Crippen LogP contribution in [-0.4, -0.2) is 5.11 Å². The summed E-state index contributed by atoms with van der Waals surface area (Å²) in [6.07, 6.45) is -1.16. The smallest absolute Gasteiger partial charge is 0.417 e. The number of aryl methyl sites for hydroxylation is 1. The SMILES string of the molecule is CCC(CC)C(C)(C)c1cc(C(C)(C)C)cc(C(CC)(CC)Pc2c(C)cccc2C(F)(F)F)c1O. The average molecular weight is 523 g/mol. The van der Waals surface area contributed by atoms with Gasteiger partial charge in [-0.3, -0.25) is 0 Å². The Morgan fingerprint density at radius 3 is 1.81 bits per heavy atom. The Morgan fingerprint density at radius 2 is 1.36 bits per heavy atom. The van der Waals surface area contributed by atoms with E-state index in [0.29, 0.717) is 29.6 Å². The van der Waals surface area contributed by atoms with Crippen LogP contribution < -0.4 is 5.30 Å². The van der Waals surface area contributed by atoms with Crippen LogP contribution in [0.25, 0.3) is 0 Å². The predicted molar refractivity (Wildman–Crippen MR) is 150 cm³/mol. The summed E-state index contributed by atoms with van der Waals surface area (Å²) in [5.74, 6) is 0.637. The fraction of sp³-hybridized carbons (Fsp3) is 0.613. The van der Waals surface area contributed by atoms with Gasteiger partial charge in [0, 0.05) is 16.3 Å². The first kappa shape index (κ1) is 30.7. The summed E-state index contributed by atoms with van der Waals surface area (Å²) in [5, 5.41) is 11.7. The second kappa shape index (κ2) is 11.1. The molecule has 202 valence electrons. The lowest BCUT2D eigenvalue weighted by Crippen LogP contribution is -2.31. The second-order valence-corrected chi connectivity index (χ2v) is 13.5. The molecular weight excluding hydrogens is 476 g/mol. The van der Waals surface area contributed by atoms with Crippen LogP contribution in [0.4, 0.5) is 13.2 Å². The van der Waals surface area contributed by atoms with Crippen molar-refractivity contribution in [1.82, 2.24) is 0 Å². The van der Waals surface area contributed by atoms with Gasteiger partial charge in [0.15, 0.2) is 0 Å². The minimum atomic E-state index is -4.42. The molecule has 0 spiro atoms. The zero-order valence-electron chi connectivity index (χ0n) is 23.9. The quantitative estimate of drug-likeness (QED) is 0.325. The van der Waals surface area contributed by atoms with Crippen molar-refractivity contribution in [1.29, 1.82) is 0 Å². The molecule has 0 saturated carbocycles. The average Bonchev–Trinajstić information content (AvgIpc) is 2.77. The third-order valence-corrected chi connectivity index (χ3v) is 10.7. The van der Waals surface area contributed by atoms with Crippen molar-refractivity contribution in [3.8, 4) is 5.75 Å². The highest BCUT2D eigenvalue weighted by molar-refractivity contribution is 7.48. The summed E-state index contributed by atoms with van der Waals surface area (Å²) < 4.78 is 42.2. The Kier molecular flexibility index (Phi) is 9.43. The molecule has 0 saturated heterocycles. The van der Waals surface area contributed by atoms with Gasteiger partial charge in [-0.2, -0.15) is 13.2 Å². The summed E-state index contributed by atoms with van der Waals surface area (Å²) in [6, 6.07) is 8.66. The largest absolute Gasteiger partial charge is 0.507 e. The maximum Gasteiger partial charge on any atom is 0.417 e. The Morgan fingerprint density at radius 1 is 0.833 bits per heavy atom. The molecule has 0 radical (unpaired) electrons. The molecule has 1 N–H and O–H groups in total. The standard InChI is InChI=1S/C31H46F3OP/c1-11-21(12-2)29(9,10)24-18-22(28(6,7)8)19-25(26(24)35)30(13-3,14-4)36-27-20(5)16-15-17-23(27)31(32,33)34/h15-19,21,35-36H,11-14H2,1-10H3. The van der Waals surface area contributed by atoms with Crippen molar-refractivity contribution < 1.29 is 18.3 Å². The van der Waals surface area contributed by atoms with Gasteiger partial charge >= 0.3 is 6.18 Å². The van der Waals surface area contributed by atoms with Gasteiger partial charge in [0.2, 0.25) is 0 Å². The van der Waals surface area contributed by atoms with E-state index in [9.17, 15) is 18.3 Å². The van der Waals surface area contributed by atoms with Crippen molar-refractivity contribution in [2.75, 3.05) is 0 Å². The summed E-state index contributed by atoms with van der Waals surface area (Å²) in [6.45, 7) is 21.1. The molecule has 0 fully saturated rings. The third-order valence-electron chi connectivity index (χ3n) is 8.34. The molecule has 1 unspecified atom stereocenters. The lowest BCUT2D eigenvalue weighted by molar-refractivity contribution is -0.136. The minimum Gasteiger partial charge on any atom is -0.507 e. The number of halogens is 3. The number of benzene rings is 2. The van der Waals surface area contributed by atoms with Gasteiger partial charge in [-0.05, 0) is 59.0 Å².